The van der Waals surface area contributed by atoms with Crippen LogP contribution in [0.3, 0.4) is 0 Å². The minimum atomic E-state index is -0.0899. The van der Waals surface area contributed by atoms with Crippen molar-refractivity contribution >= 4 is 11.7 Å². The van der Waals surface area contributed by atoms with E-state index < -0.39 is 0 Å². The Bertz CT molecular complexity index is 797. The van der Waals surface area contributed by atoms with Crippen LogP contribution < -0.4 is 10.6 Å². The first-order valence-electron chi connectivity index (χ1n) is 7.66. The average Bonchev–Trinajstić information content (AvgIpc) is 3.06. The van der Waals surface area contributed by atoms with Gasteiger partial charge in [-0.3, -0.25) is 4.79 Å². The Morgan fingerprint density at radius 2 is 1.88 bits per heavy atom. The highest BCUT2D eigenvalue weighted by Gasteiger charge is 2.04. The number of anilines is 1. The molecule has 0 saturated carbocycles. The van der Waals surface area contributed by atoms with Gasteiger partial charge in [0.05, 0.1) is 5.69 Å². The van der Waals surface area contributed by atoms with Crippen LogP contribution in [-0.2, 0) is 0 Å². The second-order valence-corrected chi connectivity index (χ2v) is 5.23. The van der Waals surface area contributed by atoms with Gasteiger partial charge in [0.15, 0.2) is 5.82 Å². The Balaban J connectivity index is 1.46. The Labute approximate surface area is 139 Å². The summed E-state index contributed by atoms with van der Waals surface area (Å²) in [5, 5.41) is 18.5. The lowest BCUT2D eigenvalue weighted by atomic mass is 10.2. The van der Waals surface area contributed by atoms with Gasteiger partial charge in [0.25, 0.3) is 5.91 Å². The highest BCUT2D eigenvalue weighted by Crippen LogP contribution is 2.06. The van der Waals surface area contributed by atoms with Gasteiger partial charge in [-0.2, -0.15) is 5.10 Å². The van der Waals surface area contributed by atoms with Crippen molar-refractivity contribution in [1.82, 2.24) is 25.3 Å². The fourth-order valence-corrected chi connectivity index (χ4v) is 2.14. The SMILES string of the molecule is Cc1ccn(-c2ccc(NCCNC(=O)c3ccccc3)nn2)n1. The maximum Gasteiger partial charge on any atom is 0.251 e. The van der Waals surface area contributed by atoms with E-state index in [-0.39, 0.29) is 5.91 Å². The van der Waals surface area contributed by atoms with Crippen molar-refractivity contribution in [1.29, 1.82) is 0 Å². The number of carbonyl (C=O) groups excluding carboxylic acids is 1. The monoisotopic (exact) mass is 322 g/mol. The molecule has 0 aliphatic carbocycles. The second kappa shape index (κ2) is 7.36. The van der Waals surface area contributed by atoms with Gasteiger partial charge in [-0.1, -0.05) is 18.2 Å². The van der Waals surface area contributed by atoms with Crippen molar-refractivity contribution in [2.24, 2.45) is 0 Å². The number of hydrogen-bond donors (Lipinski definition) is 2. The molecule has 0 aliphatic rings. The Kier molecular flexibility index (Phi) is 4.81. The molecule has 0 aliphatic heterocycles. The van der Waals surface area contributed by atoms with Crippen molar-refractivity contribution < 1.29 is 4.79 Å². The molecule has 0 spiro atoms. The quantitative estimate of drug-likeness (QED) is 0.676. The maximum absolute atomic E-state index is 11.9. The predicted molar refractivity (Wildman–Crippen MR) is 91.2 cm³/mol. The molecular weight excluding hydrogens is 304 g/mol. The van der Waals surface area contributed by atoms with Gasteiger partial charge in [0.1, 0.15) is 5.82 Å². The average molecular weight is 322 g/mol. The third-order valence-electron chi connectivity index (χ3n) is 3.36. The van der Waals surface area contributed by atoms with Crippen molar-refractivity contribution in [2.75, 3.05) is 18.4 Å². The lowest BCUT2D eigenvalue weighted by Crippen LogP contribution is -2.28. The molecule has 3 rings (SSSR count). The molecule has 0 saturated heterocycles. The first-order chi connectivity index (χ1) is 11.7. The van der Waals surface area contributed by atoms with E-state index in [1.54, 1.807) is 16.8 Å². The third kappa shape index (κ3) is 3.95. The molecule has 2 aromatic heterocycles. The Morgan fingerprint density at radius 1 is 1.04 bits per heavy atom. The van der Waals surface area contributed by atoms with E-state index in [0.29, 0.717) is 30.3 Å². The van der Waals surface area contributed by atoms with Gasteiger partial charge in [-0.15, -0.1) is 10.2 Å². The largest absolute Gasteiger partial charge is 0.367 e. The van der Waals surface area contributed by atoms with E-state index in [9.17, 15) is 4.79 Å². The van der Waals surface area contributed by atoms with Gasteiger partial charge in [0.2, 0.25) is 0 Å². The summed E-state index contributed by atoms with van der Waals surface area (Å²) >= 11 is 0. The maximum atomic E-state index is 11.9. The summed E-state index contributed by atoms with van der Waals surface area (Å²) in [5.41, 5.74) is 1.57. The number of nitrogens with one attached hydrogen (secondary N) is 2. The zero-order valence-electron chi connectivity index (χ0n) is 13.3. The molecule has 1 aromatic carbocycles. The summed E-state index contributed by atoms with van der Waals surface area (Å²) in [7, 11) is 0. The molecule has 2 N–H and O–H groups in total. The van der Waals surface area contributed by atoms with Gasteiger partial charge >= 0.3 is 0 Å². The number of aromatic nitrogens is 4. The number of benzene rings is 1. The lowest BCUT2D eigenvalue weighted by molar-refractivity contribution is 0.0955. The topological polar surface area (TPSA) is 84.7 Å². The number of aryl methyl sites for hydroxylation is 1. The molecule has 7 heteroatoms. The van der Waals surface area contributed by atoms with E-state index in [1.165, 1.54) is 0 Å². The molecule has 0 fully saturated rings. The summed E-state index contributed by atoms with van der Waals surface area (Å²) in [6, 6.07) is 14.7. The number of rotatable bonds is 6. The smallest absolute Gasteiger partial charge is 0.251 e. The second-order valence-electron chi connectivity index (χ2n) is 5.23. The van der Waals surface area contributed by atoms with Crippen LogP contribution in [-0.4, -0.2) is 39.0 Å². The zero-order chi connectivity index (χ0) is 16.8. The number of nitrogens with zero attached hydrogens (tertiary/aromatic N) is 4. The lowest BCUT2D eigenvalue weighted by Gasteiger charge is -2.07. The van der Waals surface area contributed by atoms with E-state index in [4.69, 9.17) is 0 Å². The van der Waals surface area contributed by atoms with Crippen LogP contribution in [0, 0.1) is 6.92 Å². The minimum Gasteiger partial charge on any atom is -0.367 e. The van der Waals surface area contributed by atoms with Crippen LogP contribution >= 0.6 is 0 Å². The van der Waals surface area contributed by atoms with Crippen LogP contribution in [0.1, 0.15) is 16.1 Å². The van der Waals surface area contributed by atoms with Crippen molar-refractivity contribution in [3.05, 3.63) is 66.0 Å². The van der Waals surface area contributed by atoms with E-state index >= 15 is 0 Å². The molecule has 24 heavy (non-hydrogen) atoms. The van der Waals surface area contributed by atoms with Crippen molar-refractivity contribution in [3.63, 3.8) is 0 Å². The Morgan fingerprint density at radius 3 is 2.54 bits per heavy atom. The van der Waals surface area contributed by atoms with E-state index in [1.807, 2.05) is 49.5 Å². The molecule has 2 heterocycles. The molecule has 0 bridgehead atoms. The molecule has 0 unspecified atom stereocenters. The number of amides is 1. The summed E-state index contributed by atoms with van der Waals surface area (Å²) in [4.78, 5) is 11.9. The van der Waals surface area contributed by atoms with Crippen molar-refractivity contribution in [3.8, 4) is 5.82 Å². The number of hydrogen-bond acceptors (Lipinski definition) is 5. The van der Waals surface area contributed by atoms with Crippen LogP contribution in [0.2, 0.25) is 0 Å². The summed E-state index contributed by atoms with van der Waals surface area (Å²) in [5.74, 6) is 1.22. The van der Waals surface area contributed by atoms with Crippen LogP contribution in [0.5, 0.6) is 0 Å². The summed E-state index contributed by atoms with van der Waals surface area (Å²) < 4.78 is 1.67. The van der Waals surface area contributed by atoms with Crippen LogP contribution in [0.4, 0.5) is 5.82 Å². The first-order valence-corrected chi connectivity index (χ1v) is 7.66. The molecule has 7 nitrogen and oxygen atoms in total. The Hall–Kier alpha value is -3.22. The third-order valence-corrected chi connectivity index (χ3v) is 3.36. The fourth-order valence-electron chi connectivity index (χ4n) is 2.14. The minimum absolute atomic E-state index is 0.0899. The number of carbonyl (C=O) groups is 1. The highest BCUT2D eigenvalue weighted by molar-refractivity contribution is 5.94. The molecule has 3 aromatic rings. The normalized spacial score (nSPS) is 10.4. The standard InChI is InChI=1S/C17H18N6O/c1-13-9-12-23(22-13)16-8-7-15(20-21-16)18-10-11-19-17(24)14-5-3-2-4-6-14/h2-9,12H,10-11H2,1H3,(H,18,20)(H,19,24). The summed E-state index contributed by atoms with van der Waals surface area (Å²) in [6.45, 7) is 2.98. The van der Waals surface area contributed by atoms with Gasteiger partial charge in [0, 0.05) is 24.8 Å². The van der Waals surface area contributed by atoms with Crippen LogP contribution in [0.15, 0.2) is 54.7 Å². The molecular formula is C17H18N6O. The van der Waals surface area contributed by atoms with E-state index in [0.717, 1.165) is 5.69 Å². The van der Waals surface area contributed by atoms with Crippen LogP contribution in [0.25, 0.3) is 5.82 Å². The summed E-state index contributed by atoms with van der Waals surface area (Å²) in [6.07, 6.45) is 1.84. The van der Waals surface area contributed by atoms with Gasteiger partial charge < -0.3 is 10.6 Å². The highest BCUT2D eigenvalue weighted by atomic mass is 16.1. The fraction of sp³-hybridized carbons (Fsp3) is 0.176. The predicted octanol–water partition coefficient (Wildman–Crippen LogP) is 1.81. The van der Waals surface area contributed by atoms with Crippen molar-refractivity contribution in [2.45, 2.75) is 6.92 Å². The van der Waals surface area contributed by atoms with E-state index in [2.05, 4.69) is 25.9 Å². The molecule has 0 radical (unpaired) electrons. The molecule has 122 valence electrons. The first kappa shape index (κ1) is 15.7. The molecule has 0 atom stereocenters. The molecule has 1 amide bonds. The van der Waals surface area contributed by atoms with Gasteiger partial charge in [-0.25, -0.2) is 4.68 Å². The zero-order valence-corrected chi connectivity index (χ0v) is 13.3. The van der Waals surface area contributed by atoms with Gasteiger partial charge in [-0.05, 0) is 37.3 Å².